The third-order valence-electron chi connectivity index (χ3n) is 2.27. The van der Waals surface area contributed by atoms with E-state index in [4.69, 9.17) is 12.2 Å². The molecule has 0 aliphatic heterocycles. The first-order valence-corrected chi connectivity index (χ1v) is 5.75. The molecule has 3 N–H and O–H groups in total. The summed E-state index contributed by atoms with van der Waals surface area (Å²) in [5, 5.41) is 3.08. The summed E-state index contributed by atoms with van der Waals surface area (Å²) < 4.78 is 14.4. The minimum Gasteiger partial charge on any atom is -0.329 e. The van der Waals surface area contributed by atoms with Crippen molar-refractivity contribution >= 4 is 15.9 Å². The van der Waals surface area contributed by atoms with Gasteiger partial charge < -0.3 is 5.73 Å². The van der Waals surface area contributed by atoms with E-state index in [2.05, 4.69) is 27.2 Å². The Labute approximate surface area is 104 Å². The van der Waals surface area contributed by atoms with E-state index in [1.54, 1.807) is 12.1 Å². The van der Waals surface area contributed by atoms with E-state index in [-0.39, 0.29) is 17.9 Å². The van der Waals surface area contributed by atoms with Gasteiger partial charge in [0.25, 0.3) is 0 Å². The summed E-state index contributed by atoms with van der Waals surface area (Å²) >= 11 is 3.21. The molecular formula is C12H14BrFN2. The van der Waals surface area contributed by atoms with E-state index in [0.29, 0.717) is 16.6 Å². The number of benzene rings is 1. The molecule has 2 nitrogen and oxygen atoms in total. The van der Waals surface area contributed by atoms with Crippen molar-refractivity contribution < 1.29 is 4.39 Å². The average Bonchev–Trinajstić information content (AvgIpc) is 2.26. The molecule has 0 aliphatic carbocycles. The largest absolute Gasteiger partial charge is 0.329 e. The Kier molecular flexibility index (Phi) is 4.94. The molecule has 0 fully saturated rings. The van der Waals surface area contributed by atoms with E-state index in [9.17, 15) is 4.39 Å². The van der Waals surface area contributed by atoms with Gasteiger partial charge in [-0.1, -0.05) is 27.9 Å². The van der Waals surface area contributed by atoms with Crippen molar-refractivity contribution in [3.8, 4) is 12.3 Å². The van der Waals surface area contributed by atoms with Gasteiger partial charge in [0, 0.05) is 22.6 Å². The molecular weight excluding hydrogens is 271 g/mol. The van der Waals surface area contributed by atoms with Crippen molar-refractivity contribution in [1.29, 1.82) is 0 Å². The predicted molar refractivity (Wildman–Crippen MR) is 67.3 cm³/mol. The molecule has 0 aromatic heterocycles. The van der Waals surface area contributed by atoms with Crippen LogP contribution < -0.4 is 11.1 Å². The molecule has 0 aliphatic rings. The summed E-state index contributed by atoms with van der Waals surface area (Å²) in [7, 11) is 0. The lowest BCUT2D eigenvalue weighted by Crippen LogP contribution is -2.34. The fourth-order valence-corrected chi connectivity index (χ4v) is 1.75. The molecule has 2 unspecified atom stereocenters. The van der Waals surface area contributed by atoms with Gasteiger partial charge in [-0.25, -0.2) is 4.39 Å². The molecule has 86 valence electrons. The first-order chi connectivity index (χ1) is 7.58. The van der Waals surface area contributed by atoms with Crippen molar-refractivity contribution in [2.75, 3.05) is 6.54 Å². The molecule has 0 saturated carbocycles. The maximum Gasteiger partial charge on any atom is 0.129 e. The second-order valence-corrected chi connectivity index (χ2v) is 4.42. The topological polar surface area (TPSA) is 38.0 Å². The van der Waals surface area contributed by atoms with E-state index in [1.165, 1.54) is 6.07 Å². The van der Waals surface area contributed by atoms with Crippen molar-refractivity contribution in [3.05, 3.63) is 34.1 Å². The number of hydrogen-bond donors (Lipinski definition) is 2. The molecule has 0 heterocycles. The highest BCUT2D eigenvalue weighted by molar-refractivity contribution is 9.10. The lowest BCUT2D eigenvalue weighted by Gasteiger charge is -2.20. The Balaban J connectivity index is 2.91. The van der Waals surface area contributed by atoms with E-state index in [1.807, 2.05) is 6.92 Å². The molecule has 0 spiro atoms. The molecule has 0 saturated heterocycles. The zero-order chi connectivity index (χ0) is 12.1. The SMILES string of the molecule is C#CC(C)NC(CN)c1ccc(Br)cc1F. The first kappa shape index (κ1) is 13.2. The Morgan fingerprint density at radius 2 is 2.31 bits per heavy atom. The van der Waals surface area contributed by atoms with Crippen LogP contribution in [0.2, 0.25) is 0 Å². The summed E-state index contributed by atoms with van der Waals surface area (Å²) in [6.07, 6.45) is 5.26. The monoisotopic (exact) mass is 284 g/mol. The summed E-state index contributed by atoms with van der Waals surface area (Å²) in [6, 6.07) is 4.49. The quantitative estimate of drug-likeness (QED) is 0.832. The number of terminal acetylenes is 1. The van der Waals surface area contributed by atoms with Crippen LogP contribution in [-0.2, 0) is 0 Å². The Morgan fingerprint density at radius 3 is 2.81 bits per heavy atom. The molecule has 2 atom stereocenters. The maximum absolute atomic E-state index is 13.7. The summed E-state index contributed by atoms with van der Waals surface area (Å²) in [4.78, 5) is 0. The fraction of sp³-hybridized carbons (Fsp3) is 0.333. The van der Waals surface area contributed by atoms with Gasteiger partial charge in [0.05, 0.1) is 6.04 Å². The minimum atomic E-state index is -0.290. The molecule has 0 amide bonds. The van der Waals surface area contributed by atoms with Crippen LogP contribution in [0.15, 0.2) is 22.7 Å². The van der Waals surface area contributed by atoms with Crippen molar-refractivity contribution in [2.45, 2.75) is 19.0 Å². The lowest BCUT2D eigenvalue weighted by molar-refractivity contribution is 0.489. The van der Waals surface area contributed by atoms with Gasteiger partial charge >= 0.3 is 0 Å². The number of halogens is 2. The maximum atomic E-state index is 13.7. The van der Waals surface area contributed by atoms with Crippen molar-refractivity contribution in [3.63, 3.8) is 0 Å². The normalized spacial score (nSPS) is 14.2. The first-order valence-electron chi connectivity index (χ1n) is 4.95. The second kappa shape index (κ2) is 6.00. The molecule has 1 rings (SSSR count). The number of hydrogen-bond acceptors (Lipinski definition) is 2. The molecule has 0 bridgehead atoms. The standard InChI is InChI=1S/C12H14BrFN2/c1-3-8(2)16-12(7-15)10-5-4-9(13)6-11(10)14/h1,4-6,8,12,16H,7,15H2,2H3. The average molecular weight is 285 g/mol. The predicted octanol–water partition coefficient (Wildman–Crippen LogP) is 2.20. The Bertz CT molecular complexity index is 400. The smallest absolute Gasteiger partial charge is 0.129 e. The highest BCUT2D eigenvalue weighted by atomic mass is 79.9. The minimum absolute atomic E-state index is 0.142. The third kappa shape index (κ3) is 3.31. The van der Waals surface area contributed by atoms with Crippen LogP contribution in [0.25, 0.3) is 0 Å². The number of nitrogens with one attached hydrogen (secondary N) is 1. The lowest BCUT2D eigenvalue weighted by atomic mass is 10.1. The molecule has 4 heteroatoms. The van der Waals surface area contributed by atoms with E-state index >= 15 is 0 Å². The van der Waals surface area contributed by atoms with Crippen LogP contribution in [0.3, 0.4) is 0 Å². The van der Waals surface area contributed by atoms with Gasteiger partial charge in [-0.05, 0) is 19.1 Å². The molecule has 0 radical (unpaired) electrons. The van der Waals surface area contributed by atoms with Gasteiger partial charge in [0.15, 0.2) is 0 Å². The second-order valence-electron chi connectivity index (χ2n) is 3.51. The zero-order valence-electron chi connectivity index (χ0n) is 9.00. The van der Waals surface area contributed by atoms with Gasteiger partial charge in [0.1, 0.15) is 5.82 Å². The zero-order valence-corrected chi connectivity index (χ0v) is 10.6. The van der Waals surface area contributed by atoms with Crippen LogP contribution in [0.5, 0.6) is 0 Å². The van der Waals surface area contributed by atoms with Gasteiger partial charge in [-0.3, -0.25) is 5.32 Å². The third-order valence-corrected chi connectivity index (χ3v) is 2.77. The van der Waals surface area contributed by atoms with Gasteiger partial charge in [0.2, 0.25) is 0 Å². The van der Waals surface area contributed by atoms with Gasteiger partial charge in [-0.2, -0.15) is 0 Å². The van der Waals surface area contributed by atoms with E-state index in [0.717, 1.165) is 0 Å². The molecule has 1 aromatic carbocycles. The highest BCUT2D eigenvalue weighted by Gasteiger charge is 2.15. The molecule has 16 heavy (non-hydrogen) atoms. The van der Waals surface area contributed by atoms with Crippen LogP contribution in [-0.4, -0.2) is 12.6 Å². The van der Waals surface area contributed by atoms with E-state index < -0.39 is 0 Å². The summed E-state index contributed by atoms with van der Waals surface area (Å²) in [5.41, 5.74) is 6.14. The Morgan fingerprint density at radius 1 is 1.62 bits per heavy atom. The highest BCUT2D eigenvalue weighted by Crippen LogP contribution is 2.20. The van der Waals surface area contributed by atoms with Crippen molar-refractivity contribution in [2.24, 2.45) is 5.73 Å². The van der Waals surface area contributed by atoms with Crippen LogP contribution in [0.4, 0.5) is 4.39 Å². The summed E-state index contributed by atoms with van der Waals surface area (Å²) in [5.74, 6) is 2.24. The van der Waals surface area contributed by atoms with Crippen LogP contribution in [0, 0.1) is 18.2 Å². The van der Waals surface area contributed by atoms with Gasteiger partial charge in [-0.15, -0.1) is 6.42 Å². The molecule has 1 aromatic rings. The van der Waals surface area contributed by atoms with Crippen LogP contribution in [0.1, 0.15) is 18.5 Å². The fourth-order valence-electron chi connectivity index (χ4n) is 1.42. The Hall–Kier alpha value is -0.890. The number of nitrogens with two attached hydrogens (primary N) is 1. The van der Waals surface area contributed by atoms with Crippen LogP contribution >= 0.6 is 15.9 Å². The number of rotatable bonds is 4. The summed E-state index contributed by atoms with van der Waals surface area (Å²) in [6.45, 7) is 2.13. The van der Waals surface area contributed by atoms with Crippen molar-refractivity contribution in [1.82, 2.24) is 5.32 Å².